The molecule has 25 heavy (non-hydrogen) atoms. The maximum absolute atomic E-state index is 12.9. The van der Waals surface area contributed by atoms with E-state index in [4.69, 9.17) is 0 Å². The lowest BCUT2D eigenvalue weighted by molar-refractivity contribution is -0.141. The molecule has 0 spiro atoms. The van der Waals surface area contributed by atoms with Gasteiger partial charge in [0.25, 0.3) is 15.9 Å². The predicted octanol–water partition coefficient (Wildman–Crippen LogP) is 2.51. The summed E-state index contributed by atoms with van der Waals surface area (Å²) in [6, 6.07) is 5.78. The minimum absolute atomic E-state index is 0.210. The molecule has 0 saturated heterocycles. The average Bonchev–Trinajstić information content (AvgIpc) is 2.90. The van der Waals surface area contributed by atoms with Crippen molar-refractivity contribution < 1.29 is 26.4 Å². The Morgan fingerprint density at radius 1 is 1.24 bits per heavy atom. The molecule has 1 amide bonds. The van der Waals surface area contributed by atoms with E-state index in [-0.39, 0.29) is 4.90 Å². The quantitative estimate of drug-likeness (QED) is 0.871. The van der Waals surface area contributed by atoms with E-state index in [9.17, 15) is 26.4 Å². The third-order valence-corrected chi connectivity index (χ3v) is 4.69. The number of nitrogens with zero attached hydrogens (tertiary/aromatic N) is 2. The number of carbonyl (C=O) groups is 1. The zero-order valence-corrected chi connectivity index (χ0v) is 14.3. The highest BCUT2D eigenvalue weighted by atomic mass is 32.2. The number of carbonyl (C=O) groups excluding carboxylic acids is 1. The van der Waals surface area contributed by atoms with E-state index in [1.807, 2.05) is 6.92 Å². The van der Waals surface area contributed by atoms with Crippen LogP contribution in [0, 0.1) is 0 Å². The summed E-state index contributed by atoms with van der Waals surface area (Å²) >= 11 is 0. The Hall–Kier alpha value is -2.36. The molecule has 0 atom stereocenters. The number of alkyl halides is 3. The number of hydrogen-bond acceptors (Lipinski definition) is 4. The summed E-state index contributed by atoms with van der Waals surface area (Å²) in [4.78, 5) is 11.8. The van der Waals surface area contributed by atoms with Gasteiger partial charge in [0.1, 0.15) is 0 Å². The molecule has 0 saturated carbocycles. The van der Waals surface area contributed by atoms with Gasteiger partial charge in [-0.15, -0.1) is 0 Å². The van der Waals surface area contributed by atoms with E-state index in [2.05, 4.69) is 5.10 Å². The molecule has 0 aliphatic heterocycles. The Kier molecular flexibility index (Phi) is 5.21. The maximum Gasteiger partial charge on any atom is 0.435 e. The highest BCUT2D eigenvalue weighted by Crippen LogP contribution is 2.30. The molecule has 2 rings (SSSR count). The Labute approximate surface area is 142 Å². The number of rotatable bonds is 5. The van der Waals surface area contributed by atoms with Gasteiger partial charge in [0, 0.05) is 13.2 Å². The molecule has 0 unspecified atom stereocenters. The molecule has 1 heterocycles. The van der Waals surface area contributed by atoms with Crippen molar-refractivity contribution in [2.45, 2.75) is 30.8 Å². The van der Waals surface area contributed by atoms with Crippen LogP contribution in [-0.2, 0) is 29.7 Å². The van der Waals surface area contributed by atoms with Crippen LogP contribution in [0.15, 0.2) is 35.4 Å². The molecule has 0 radical (unpaired) electrons. The Balaban J connectivity index is 2.28. The van der Waals surface area contributed by atoms with Crippen molar-refractivity contribution in [1.29, 1.82) is 0 Å². The van der Waals surface area contributed by atoms with Crippen LogP contribution < -0.4 is 4.72 Å². The van der Waals surface area contributed by atoms with Gasteiger partial charge >= 0.3 is 6.18 Å². The SMILES string of the molecule is CCCc1ccc(S(=O)(=O)NC(=O)c2cn(C)nc2C(F)(F)F)cc1. The molecule has 0 aliphatic carbocycles. The van der Waals surface area contributed by atoms with Gasteiger partial charge in [-0.05, 0) is 24.1 Å². The topological polar surface area (TPSA) is 81.1 Å². The first kappa shape index (κ1) is 19.0. The minimum atomic E-state index is -4.88. The number of nitrogens with one attached hydrogen (secondary N) is 1. The van der Waals surface area contributed by atoms with Gasteiger partial charge in [0.2, 0.25) is 0 Å². The molecule has 1 aromatic heterocycles. The molecule has 0 bridgehead atoms. The molecule has 6 nitrogen and oxygen atoms in total. The standard InChI is InChI=1S/C15H16F3N3O3S/c1-3-4-10-5-7-11(8-6-10)25(23,24)20-14(22)12-9-21(2)19-13(12)15(16,17)18/h5-9H,3-4H2,1-2H3,(H,20,22). The molecule has 1 N–H and O–H groups in total. The Morgan fingerprint density at radius 3 is 2.36 bits per heavy atom. The van der Waals surface area contributed by atoms with E-state index < -0.39 is 33.4 Å². The highest BCUT2D eigenvalue weighted by molar-refractivity contribution is 7.90. The summed E-state index contributed by atoms with van der Waals surface area (Å²) in [5.74, 6) is -1.39. The normalized spacial score (nSPS) is 12.2. The smallest absolute Gasteiger partial charge is 0.274 e. The largest absolute Gasteiger partial charge is 0.435 e. The minimum Gasteiger partial charge on any atom is -0.274 e. The number of aryl methyl sites for hydroxylation is 2. The van der Waals surface area contributed by atoms with Crippen LogP contribution in [0.1, 0.15) is 35.0 Å². The van der Waals surface area contributed by atoms with E-state index in [0.29, 0.717) is 0 Å². The summed E-state index contributed by atoms with van der Waals surface area (Å²) < 4.78 is 65.5. The molecular formula is C15H16F3N3O3S. The van der Waals surface area contributed by atoms with Crippen LogP contribution >= 0.6 is 0 Å². The number of halogens is 3. The predicted molar refractivity (Wildman–Crippen MR) is 83.3 cm³/mol. The fourth-order valence-electron chi connectivity index (χ4n) is 2.22. The summed E-state index contributed by atoms with van der Waals surface area (Å²) in [7, 11) is -3.09. The summed E-state index contributed by atoms with van der Waals surface area (Å²) in [5.41, 5.74) is -1.39. The number of sulfonamides is 1. The second kappa shape index (κ2) is 6.87. The van der Waals surface area contributed by atoms with Crippen LogP contribution in [0.3, 0.4) is 0 Å². The highest BCUT2D eigenvalue weighted by Gasteiger charge is 2.39. The monoisotopic (exact) mass is 375 g/mol. The van der Waals surface area contributed by atoms with Crippen LogP contribution in [0.5, 0.6) is 0 Å². The van der Waals surface area contributed by atoms with Crippen molar-refractivity contribution in [3.05, 3.63) is 47.3 Å². The van der Waals surface area contributed by atoms with E-state index in [0.717, 1.165) is 29.3 Å². The molecule has 1 aromatic carbocycles. The number of aromatic nitrogens is 2. The third-order valence-electron chi connectivity index (χ3n) is 3.34. The van der Waals surface area contributed by atoms with Crippen LogP contribution in [0.25, 0.3) is 0 Å². The van der Waals surface area contributed by atoms with Crippen LogP contribution in [0.4, 0.5) is 13.2 Å². The fourth-order valence-corrected chi connectivity index (χ4v) is 3.19. The Bertz CT molecular complexity index is 872. The first-order valence-corrected chi connectivity index (χ1v) is 8.80. The number of hydrogen-bond donors (Lipinski definition) is 1. The molecular weight excluding hydrogens is 359 g/mol. The molecule has 2 aromatic rings. The van der Waals surface area contributed by atoms with Crippen molar-refractivity contribution in [1.82, 2.24) is 14.5 Å². The maximum atomic E-state index is 12.9. The Morgan fingerprint density at radius 2 is 1.84 bits per heavy atom. The fraction of sp³-hybridized carbons (Fsp3) is 0.333. The summed E-state index contributed by atoms with van der Waals surface area (Å²) in [5, 5.41) is 3.17. The van der Waals surface area contributed by atoms with Crippen molar-refractivity contribution in [2.24, 2.45) is 7.05 Å². The van der Waals surface area contributed by atoms with E-state index >= 15 is 0 Å². The van der Waals surface area contributed by atoms with Crippen molar-refractivity contribution in [3.8, 4) is 0 Å². The van der Waals surface area contributed by atoms with Gasteiger partial charge in [-0.2, -0.15) is 18.3 Å². The lowest BCUT2D eigenvalue weighted by Crippen LogP contribution is -2.31. The van der Waals surface area contributed by atoms with Gasteiger partial charge in [0.05, 0.1) is 10.5 Å². The first-order valence-electron chi connectivity index (χ1n) is 7.31. The van der Waals surface area contributed by atoms with Crippen LogP contribution in [-0.4, -0.2) is 24.1 Å². The zero-order valence-electron chi connectivity index (χ0n) is 13.5. The second-order valence-corrected chi connectivity index (χ2v) is 7.07. The lowest BCUT2D eigenvalue weighted by atomic mass is 10.1. The summed E-state index contributed by atoms with van der Waals surface area (Å²) in [6.45, 7) is 1.97. The van der Waals surface area contributed by atoms with Gasteiger partial charge < -0.3 is 0 Å². The molecule has 10 heteroatoms. The van der Waals surface area contributed by atoms with E-state index in [1.54, 1.807) is 16.9 Å². The molecule has 0 aliphatic rings. The van der Waals surface area contributed by atoms with Gasteiger partial charge in [0.15, 0.2) is 5.69 Å². The lowest BCUT2D eigenvalue weighted by Gasteiger charge is -2.09. The zero-order chi connectivity index (χ0) is 18.8. The van der Waals surface area contributed by atoms with Gasteiger partial charge in [-0.3, -0.25) is 9.48 Å². The van der Waals surface area contributed by atoms with Crippen molar-refractivity contribution >= 4 is 15.9 Å². The molecule has 0 fully saturated rings. The van der Waals surface area contributed by atoms with Gasteiger partial charge in [-0.25, -0.2) is 13.1 Å². The van der Waals surface area contributed by atoms with E-state index in [1.165, 1.54) is 19.2 Å². The first-order chi connectivity index (χ1) is 11.5. The van der Waals surface area contributed by atoms with Crippen molar-refractivity contribution in [2.75, 3.05) is 0 Å². The summed E-state index contributed by atoms with van der Waals surface area (Å²) in [6.07, 6.45) is -2.42. The average molecular weight is 375 g/mol. The number of amides is 1. The second-order valence-electron chi connectivity index (χ2n) is 5.39. The molecule has 136 valence electrons. The number of benzene rings is 1. The van der Waals surface area contributed by atoms with Crippen LogP contribution in [0.2, 0.25) is 0 Å². The van der Waals surface area contributed by atoms with Crippen molar-refractivity contribution in [3.63, 3.8) is 0 Å². The third kappa shape index (κ3) is 4.38. The van der Waals surface area contributed by atoms with Gasteiger partial charge in [-0.1, -0.05) is 25.5 Å².